The number of carbonyl (C=O) groups is 2. The Morgan fingerprint density at radius 3 is 2.46 bits per heavy atom. The minimum Gasteiger partial charge on any atom is -0.507 e. The van der Waals surface area contributed by atoms with Crippen molar-refractivity contribution in [2.45, 2.75) is 6.92 Å². The van der Waals surface area contributed by atoms with Gasteiger partial charge in [-0.2, -0.15) is 0 Å². The Balaban J connectivity index is 1.62. The zero-order valence-electron chi connectivity index (χ0n) is 15.2. The minimum absolute atomic E-state index is 0.0145. The van der Waals surface area contributed by atoms with E-state index in [0.29, 0.717) is 17.2 Å². The Labute approximate surface area is 162 Å². The zero-order chi connectivity index (χ0) is 19.9. The number of hydrogen-bond donors (Lipinski definition) is 2. The molecule has 28 heavy (non-hydrogen) atoms. The second-order valence-corrected chi connectivity index (χ2v) is 6.06. The average molecular weight is 377 g/mol. The maximum absolute atomic E-state index is 12.2. The molecule has 0 aliphatic heterocycles. The van der Waals surface area contributed by atoms with Gasteiger partial charge in [0.25, 0.3) is 5.91 Å². The molecule has 0 heterocycles. The molecule has 6 nitrogen and oxygen atoms in total. The molecule has 0 spiro atoms. The molecule has 3 aromatic rings. The molecule has 2 N–H and O–H groups in total. The summed E-state index contributed by atoms with van der Waals surface area (Å²) >= 11 is 0. The molecule has 0 aromatic heterocycles. The number of aromatic hydroxyl groups is 1. The fourth-order valence-corrected chi connectivity index (χ4v) is 2.48. The second-order valence-electron chi connectivity index (χ2n) is 6.06. The number of esters is 1. The summed E-state index contributed by atoms with van der Waals surface area (Å²) < 4.78 is 10.8. The van der Waals surface area contributed by atoms with E-state index in [-0.39, 0.29) is 11.3 Å². The highest BCUT2D eigenvalue weighted by atomic mass is 16.5. The van der Waals surface area contributed by atoms with Crippen molar-refractivity contribution in [1.82, 2.24) is 0 Å². The van der Waals surface area contributed by atoms with Crippen molar-refractivity contribution in [1.29, 1.82) is 0 Å². The van der Waals surface area contributed by atoms with E-state index >= 15 is 0 Å². The van der Waals surface area contributed by atoms with Crippen LogP contribution in [0.1, 0.15) is 15.9 Å². The molecule has 0 bridgehead atoms. The van der Waals surface area contributed by atoms with Crippen LogP contribution in [0.5, 0.6) is 17.2 Å². The summed E-state index contributed by atoms with van der Waals surface area (Å²) in [4.78, 5) is 24.3. The highest BCUT2D eigenvalue weighted by Crippen LogP contribution is 2.29. The Morgan fingerprint density at radius 1 is 0.964 bits per heavy atom. The normalized spacial score (nSPS) is 10.2. The Kier molecular flexibility index (Phi) is 5.91. The van der Waals surface area contributed by atoms with Crippen LogP contribution >= 0.6 is 0 Å². The number of anilines is 1. The predicted molar refractivity (Wildman–Crippen MR) is 105 cm³/mol. The van der Waals surface area contributed by atoms with Crippen LogP contribution in [0.4, 0.5) is 5.69 Å². The van der Waals surface area contributed by atoms with Gasteiger partial charge in [0.05, 0.1) is 5.69 Å². The number of carbonyl (C=O) groups excluding carboxylic acids is 2. The van der Waals surface area contributed by atoms with Crippen LogP contribution in [0.3, 0.4) is 0 Å². The summed E-state index contributed by atoms with van der Waals surface area (Å²) in [7, 11) is 0. The lowest BCUT2D eigenvalue weighted by atomic mass is 10.1. The van der Waals surface area contributed by atoms with Crippen molar-refractivity contribution in [3.63, 3.8) is 0 Å². The van der Waals surface area contributed by atoms with Gasteiger partial charge in [0.1, 0.15) is 17.1 Å². The van der Waals surface area contributed by atoms with E-state index in [2.05, 4.69) is 5.32 Å². The van der Waals surface area contributed by atoms with Gasteiger partial charge in [-0.3, -0.25) is 4.79 Å². The topological polar surface area (TPSA) is 84.9 Å². The van der Waals surface area contributed by atoms with Gasteiger partial charge in [0, 0.05) is 0 Å². The maximum Gasteiger partial charge on any atom is 0.342 e. The zero-order valence-corrected chi connectivity index (χ0v) is 15.2. The molecule has 0 aliphatic rings. The van der Waals surface area contributed by atoms with Crippen LogP contribution in [-0.4, -0.2) is 23.6 Å². The quantitative estimate of drug-likeness (QED) is 0.626. The smallest absolute Gasteiger partial charge is 0.342 e. The van der Waals surface area contributed by atoms with Crippen molar-refractivity contribution in [3.8, 4) is 17.2 Å². The summed E-state index contributed by atoms with van der Waals surface area (Å²) in [6, 6.07) is 20.7. The van der Waals surface area contributed by atoms with Crippen LogP contribution < -0.4 is 10.1 Å². The van der Waals surface area contributed by atoms with Crippen molar-refractivity contribution >= 4 is 17.6 Å². The fourth-order valence-electron chi connectivity index (χ4n) is 2.48. The molecule has 142 valence electrons. The first kappa shape index (κ1) is 19.0. The SMILES string of the molecule is Cc1ccc(O)c(C(=O)OCC(=O)Nc2ccccc2Oc2ccccc2)c1. The van der Waals surface area contributed by atoms with Gasteiger partial charge in [-0.05, 0) is 43.3 Å². The maximum atomic E-state index is 12.2. The number of amides is 1. The molecule has 0 atom stereocenters. The highest BCUT2D eigenvalue weighted by molar-refractivity contribution is 5.97. The van der Waals surface area contributed by atoms with E-state index in [4.69, 9.17) is 9.47 Å². The third-order valence-corrected chi connectivity index (χ3v) is 3.84. The first-order valence-corrected chi connectivity index (χ1v) is 8.61. The third kappa shape index (κ3) is 4.88. The van der Waals surface area contributed by atoms with Crippen molar-refractivity contribution in [2.75, 3.05) is 11.9 Å². The highest BCUT2D eigenvalue weighted by Gasteiger charge is 2.15. The molecule has 0 fully saturated rings. The van der Waals surface area contributed by atoms with E-state index in [1.165, 1.54) is 12.1 Å². The Bertz CT molecular complexity index is 985. The lowest BCUT2D eigenvalue weighted by molar-refractivity contribution is -0.119. The van der Waals surface area contributed by atoms with Gasteiger partial charge in [-0.25, -0.2) is 4.79 Å². The molecular weight excluding hydrogens is 358 g/mol. The summed E-state index contributed by atoms with van der Waals surface area (Å²) in [5, 5.41) is 12.4. The van der Waals surface area contributed by atoms with E-state index in [1.807, 2.05) is 18.2 Å². The molecule has 0 unspecified atom stereocenters. The molecule has 0 saturated carbocycles. The summed E-state index contributed by atoms with van der Waals surface area (Å²) in [6.45, 7) is 1.29. The Hall–Kier alpha value is -3.80. The summed E-state index contributed by atoms with van der Waals surface area (Å²) in [5.74, 6) is -0.400. The molecule has 0 radical (unpaired) electrons. The van der Waals surface area contributed by atoms with Gasteiger partial charge >= 0.3 is 5.97 Å². The monoisotopic (exact) mass is 377 g/mol. The van der Waals surface area contributed by atoms with E-state index in [9.17, 15) is 14.7 Å². The minimum atomic E-state index is -0.773. The molecular formula is C22H19NO5. The van der Waals surface area contributed by atoms with Crippen LogP contribution in [-0.2, 0) is 9.53 Å². The lowest BCUT2D eigenvalue weighted by Crippen LogP contribution is -2.21. The van der Waals surface area contributed by atoms with Gasteiger partial charge in [0.2, 0.25) is 0 Å². The van der Waals surface area contributed by atoms with Gasteiger partial charge in [-0.1, -0.05) is 42.0 Å². The van der Waals surface area contributed by atoms with Crippen molar-refractivity contribution in [3.05, 3.63) is 83.9 Å². The van der Waals surface area contributed by atoms with Gasteiger partial charge in [-0.15, -0.1) is 0 Å². The second kappa shape index (κ2) is 8.73. The van der Waals surface area contributed by atoms with Crippen LogP contribution in [0.15, 0.2) is 72.8 Å². The van der Waals surface area contributed by atoms with Crippen molar-refractivity contribution in [2.24, 2.45) is 0 Å². The third-order valence-electron chi connectivity index (χ3n) is 3.84. The number of phenols is 1. The lowest BCUT2D eigenvalue weighted by Gasteiger charge is -2.12. The number of aryl methyl sites for hydroxylation is 1. The first-order chi connectivity index (χ1) is 13.5. The van der Waals surface area contributed by atoms with Crippen LogP contribution in [0, 0.1) is 6.92 Å². The van der Waals surface area contributed by atoms with Crippen molar-refractivity contribution < 1.29 is 24.2 Å². The average Bonchev–Trinajstić information content (AvgIpc) is 2.70. The standard InChI is InChI=1S/C22H19NO5/c1-15-11-12-19(24)17(13-15)22(26)27-14-21(25)23-18-9-5-6-10-20(18)28-16-7-3-2-4-8-16/h2-13,24H,14H2,1H3,(H,23,25). The number of para-hydroxylation sites is 3. The summed E-state index contributed by atoms with van der Waals surface area (Å²) in [5.41, 5.74) is 1.26. The van der Waals surface area contributed by atoms with Gasteiger partial charge in [0.15, 0.2) is 12.4 Å². The fraction of sp³-hybridized carbons (Fsp3) is 0.0909. The number of ether oxygens (including phenoxy) is 2. The summed E-state index contributed by atoms with van der Waals surface area (Å²) in [6.07, 6.45) is 0. The molecule has 3 rings (SSSR count). The van der Waals surface area contributed by atoms with Crippen LogP contribution in [0.25, 0.3) is 0 Å². The number of phenolic OH excluding ortho intramolecular Hbond substituents is 1. The largest absolute Gasteiger partial charge is 0.507 e. The van der Waals surface area contributed by atoms with E-state index in [1.54, 1.807) is 49.4 Å². The van der Waals surface area contributed by atoms with E-state index < -0.39 is 18.5 Å². The van der Waals surface area contributed by atoms with Crippen LogP contribution in [0.2, 0.25) is 0 Å². The molecule has 6 heteroatoms. The predicted octanol–water partition coefficient (Wildman–Crippen LogP) is 4.29. The molecule has 0 aliphatic carbocycles. The number of hydrogen-bond acceptors (Lipinski definition) is 5. The number of nitrogens with one attached hydrogen (secondary N) is 1. The molecule has 0 saturated heterocycles. The number of rotatable bonds is 6. The van der Waals surface area contributed by atoms with Gasteiger partial charge < -0.3 is 19.9 Å². The molecule has 1 amide bonds. The number of benzene rings is 3. The Morgan fingerprint density at radius 2 is 1.68 bits per heavy atom. The van der Waals surface area contributed by atoms with E-state index in [0.717, 1.165) is 5.56 Å². The first-order valence-electron chi connectivity index (χ1n) is 8.61. The molecule has 3 aromatic carbocycles.